The molecular formula is C20H29N3O2. The number of nitro groups is 1. The second kappa shape index (κ2) is 7.03. The largest absolute Gasteiger partial charge is 0.365 e. The van der Waals surface area contributed by atoms with Gasteiger partial charge >= 0.3 is 0 Å². The van der Waals surface area contributed by atoms with Crippen LogP contribution in [0, 0.1) is 28.0 Å². The molecule has 0 spiro atoms. The van der Waals surface area contributed by atoms with Crippen LogP contribution >= 0.6 is 0 Å². The van der Waals surface area contributed by atoms with Crippen molar-refractivity contribution in [1.29, 1.82) is 0 Å². The fourth-order valence-corrected chi connectivity index (χ4v) is 3.46. The van der Waals surface area contributed by atoms with E-state index in [-0.39, 0.29) is 16.0 Å². The molecule has 1 aromatic carbocycles. The van der Waals surface area contributed by atoms with E-state index >= 15 is 0 Å². The molecule has 0 atom stereocenters. The van der Waals surface area contributed by atoms with Crippen molar-refractivity contribution in [3.63, 3.8) is 0 Å². The molecule has 2 rings (SSSR count). The zero-order chi connectivity index (χ0) is 18.8. The molecule has 5 nitrogen and oxygen atoms in total. The van der Waals surface area contributed by atoms with Crippen molar-refractivity contribution < 1.29 is 4.92 Å². The van der Waals surface area contributed by atoms with E-state index in [1.807, 2.05) is 12.1 Å². The van der Waals surface area contributed by atoms with Crippen LogP contribution in [0.4, 0.5) is 11.4 Å². The Morgan fingerprint density at radius 1 is 1.36 bits per heavy atom. The Labute approximate surface area is 151 Å². The molecule has 1 fully saturated rings. The number of anilines is 1. The van der Waals surface area contributed by atoms with Gasteiger partial charge in [-0.3, -0.25) is 10.1 Å². The second-order valence-electron chi connectivity index (χ2n) is 8.79. The third-order valence-electron chi connectivity index (χ3n) is 4.70. The summed E-state index contributed by atoms with van der Waals surface area (Å²) in [4.78, 5) is 17.4. The van der Waals surface area contributed by atoms with Gasteiger partial charge in [0.2, 0.25) is 0 Å². The predicted molar refractivity (Wildman–Crippen MR) is 102 cm³/mol. The molecule has 0 N–H and O–H groups in total. The first-order valence-corrected chi connectivity index (χ1v) is 9.00. The van der Waals surface area contributed by atoms with E-state index in [0.29, 0.717) is 11.6 Å². The van der Waals surface area contributed by atoms with E-state index in [4.69, 9.17) is 6.57 Å². The maximum absolute atomic E-state index is 11.8. The maximum Gasteiger partial charge on any atom is 0.293 e. The van der Waals surface area contributed by atoms with Crippen LogP contribution in [-0.4, -0.2) is 18.0 Å². The highest BCUT2D eigenvalue weighted by atomic mass is 16.6. The van der Waals surface area contributed by atoms with Gasteiger partial charge in [0, 0.05) is 37.6 Å². The van der Waals surface area contributed by atoms with E-state index in [2.05, 4.69) is 44.4 Å². The van der Waals surface area contributed by atoms with Crippen molar-refractivity contribution in [2.24, 2.45) is 11.3 Å². The fraction of sp³-hybridized carbons (Fsp3) is 0.650. The van der Waals surface area contributed by atoms with Crippen molar-refractivity contribution in [2.75, 3.05) is 18.0 Å². The molecule has 1 aromatic rings. The Hall–Kier alpha value is -2.09. The van der Waals surface area contributed by atoms with Crippen LogP contribution in [0.2, 0.25) is 0 Å². The number of nitrogens with zero attached hydrogens (tertiary/aromatic N) is 3. The summed E-state index contributed by atoms with van der Waals surface area (Å²) in [5.74, 6) is 0.405. The maximum atomic E-state index is 11.8. The lowest BCUT2D eigenvalue weighted by Crippen LogP contribution is -2.36. The van der Waals surface area contributed by atoms with Gasteiger partial charge in [0.15, 0.2) is 0 Å². The predicted octanol–water partition coefficient (Wildman–Crippen LogP) is 5.40. The Morgan fingerprint density at radius 3 is 2.40 bits per heavy atom. The Bertz CT molecular complexity index is 679. The molecule has 0 amide bonds. The van der Waals surface area contributed by atoms with E-state index < -0.39 is 5.54 Å². The van der Waals surface area contributed by atoms with Crippen LogP contribution < -0.4 is 4.90 Å². The van der Waals surface area contributed by atoms with Gasteiger partial charge in [0.05, 0.1) is 4.92 Å². The lowest BCUT2D eigenvalue weighted by molar-refractivity contribution is -0.384. The first-order valence-electron chi connectivity index (χ1n) is 9.00. The summed E-state index contributed by atoms with van der Waals surface area (Å²) in [6.45, 7) is 19.7. The molecule has 5 heteroatoms. The minimum Gasteiger partial charge on any atom is -0.365 e. The zero-order valence-corrected chi connectivity index (χ0v) is 16.0. The van der Waals surface area contributed by atoms with Crippen LogP contribution in [0.3, 0.4) is 0 Å². The third-order valence-corrected chi connectivity index (χ3v) is 4.70. The van der Waals surface area contributed by atoms with Gasteiger partial charge in [-0.1, -0.05) is 34.6 Å². The van der Waals surface area contributed by atoms with Crippen LogP contribution in [0.25, 0.3) is 4.85 Å². The Morgan fingerprint density at radius 2 is 2.00 bits per heavy atom. The summed E-state index contributed by atoms with van der Waals surface area (Å²) in [5, 5.41) is 11.8. The van der Waals surface area contributed by atoms with Crippen molar-refractivity contribution in [3.8, 4) is 0 Å². The molecule has 0 saturated heterocycles. The molecule has 0 bridgehead atoms. The molecule has 0 heterocycles. The van der Waals surface area contributed by atoms with Gasteiger partial charge in [0.25, 0.3) is 11.2 Å². The van der Waals surface area contributed by atoms with E-state index in [1.54, 1.807) is 6.07 Å². The van der Waals surface area contributed by atoms with Crippen molar-refractivity contribution in [2.45, 2.75) is 59.4 Å². The molecule has 1 saturated carbocycles. The minimum atomic E-state index is -0.545. The molecule has 0 radical (unpaired) electrons. The highest BCUT2D eigenvalue weighted by Crippen LogP contribution is 2.47. The molecule has 25 heavy (non-hydrogen) atoms. The van der Waals surface area contributed by atoms with Crippen molar-refractivity contribution in [3.05, 3.63) is 45.3 Å². The Balaban J connectivity index is 2.47. The van der Waals surface area contributed by atoms with Gasteiger partial charge in [-0.15, -0.1) is 0 Å². The average Bonchev–Trinajstić information content (AvgIpc) is 2.44. The van der Waals surface area contributed by atoms with Crippen LogP contribution in [0.15, 0.2) is 18.2 Å². The molecular weight excluding hydrogens is 314 g/mol. The highest BCUT2D eigenvalue weighted by Gasteiger charge is 2.46. The summed E-state index contributed by atoms with van der Waals surface area (Å²) in [6, 6.07) is 5.42. The fourth-order valence-electron chi connectivity index (χ4n) is 3.46. The lowest BCUT2D eigenvalue weighted by atomic mass is 9.72. The number of hydrogen-bond donors (Lipinski definition) is 0. The van der Waals surface area contributed by atoms with Gasteiger partial charge in [-0.25, -0.2) is 6.57 Å². The molecule has 0 aromatic heterocycles. The van der Waals surface area contributed by atoms with Crippen molar-refractivity contribution >= 4 is 11.4 Å². The first kappa shape index (κ1) is 19.2. The number of hydrogen-bond acceptors (Lipinski definition) is 3. The summed E-state index contributed by atoms with van der Waals surface area (Å²) in [5.41, 5.74) is 1.07. The summed E-state index contributed by atoms with van der Waals surface area (Å²) in [6.07, 6.45) is 2.61. The van der Waals surface area contributed by atoms with Crippen LogP contribution in [0.1, 0.15) is 59.4 Å². The molecule has 0 aliphatic heterocycles. The van der Waals surface area contributed by atoms with Crippen LogP contribution in [-0.2, 0) is 5.54 Å². The van der Waals surface area contributed by atoms with Gasteiger partial charge in [-0.2, -0.15) is 0 Å². The quantitative estimate of drug-likeness (QED) is 0.395. The van der Waals surface area contributed by atoms with E-state index in [0.717, 1.165) is 37.9 Å². The van der Waals surface area contributed by atoms with E-state index in [9.17, 15) is 10.1 Å². The SMILES string of the molecule is [C-]#[N+]C1(c2ccc(N(CC(C)C)CC(C)(C)C)c([N+](=O)[O-])c2)CCC1. The first-order chi connectivity index (χ1) is 11.6. The summed E-state index contributed by atoms with van der Waals surface area (Å²) >= 11 is 0. The number of rotatable bonds is 6. The normalized spacial score (nSPS) is 16.2. The molecule has 1 aliphatic carbocycles. The third kappa shape index (κ3) is 4.31. The van der Waals surface area contributed by atoms with Crippen molar-refractivity contribution in [1.82, 2.24) is 0 Å². The molecule has 0 unspecified atom stereocenters. The number of benzene rings is 1. The zero-order valence-electron chi connectivity index (χ0n) is 16.0. The summed E-state index contributed by atoms with van der Waals surface area (Å²) in [7, 11) is 0. The van der Waals surface area contributed by atoms with Crippen LogP contribution in [0.5, 0.6) is 0 Å². The minimum absolute atomic E-state index is 0.0349. The van der Waals surface area contributed by atoms with Gasteiger partial charge < -0.3 is 9.74 Å². The van der Waals surface area contributed by atoms with E-state index in [1.165, 1.54) is 0 Å². The van der Waals surface area contributed by atoms with Gasteiger partial charge in [0.1, 0.15) is 5.69 Å². The second-order valence-corrected chi connectivity index (χ2v) is 8.79. The Kier molecular flexibility index (Phi) is 5.41. The summed E-state index contributed by atoms with van der Waals surface area (Å²) < 4.78 is 0. The standard InChI is InChI=1S/C20H29N3O2/c1-15(2)13-22(14-19(3,4)5)17-9-8-16(12-18(17)23(24)25)20(21-6)10-7-11-20/h8-9,12,15H,7,10-11,13-14H2,1-5H3. The lowest BCUT2D eigenvalue weighted by Gasteiger charge is -2.34. The molecule has 1 aliphatic rings. The van der Waals surface area contributed by atoms with Gasteiger partial charge in [-0.05, 0) is 29.9 Å². The average molecular weight is 343 g/mol. The monoisotopic (exact) mass is 343 g/mol. The highest BCUT2D eigenvalue weighted by molar-refractivity contribution is 5.65. The molecule has 136 valence electrons. The topological polar surface area (TPSA) is 50.7 Å². The number of nitro benzene ring substituents is 1. The smallest absolute Gasteiger partial charge is 0.293 e.